The zero-order valence-electron chi connectivity index (χ0n) is 8.69. The van der Waals surface area contributed by atoms with Crippen molar-refractivity contribution in [2.24, 2.45) is 0 Å². The van der Waals surface area contributed by atoms with Crippen molar-refractivity contribution in [3.05, 3.63) is 23.8 Å². The summed E-state index contributed by atoms with van der Waals surface area (Å²) >= 11 is 0. The van der Waals surface area contributed by atoms with Crippen molar-refractivity contribution in [3.8, 4) is 22.8 Å². The summed E-state index contributed by atoms with van der Waals surface area (Å²) in [6.07, 6.45) is -4.71. The third kappa shape index (κ3) is 2.04. The summed E-state index contributed by atoms with van der Waals surface area (Å²) in [5.41, 5.74) is 3.46. The molecule has 0 spiro atoms. The molecule has 0 fully saturated rings. The fourth-order valence-corrected chi connectivity index (χ4v) is 1.44. The lowest BCUT2D eigenvalue weighted by Gasteiger charge is -2.12. The van der Waals surface area contributed by atoms with E-state index in [2.05, 4.69) is 9.68 Å². The molecule has 0 saturated heterocycles. The van der Waals surface area contributed by atoms with Crippen molar-refractivity contribution < 1.29 is 27.9 Å². The summed E-state index contributed by atoms with van der Waals surface area (Å²) in [4.78, 5) is 0. The molecule has 0 aliphatic carbocycles. The van der Waals surface area contributed by atoms with Gasteiger partial charge in [-0.05, 0) is 12.1 Å². The van der Waals surface area contributed by atoms with Crippen molar-refractivity contribution in [1.82, 2.24) is 5.16 Å². The maximum absolute atomic E-state index is 12.8. The molecule has 1 heterocycles. The van der Waals surface area contributed by atoms with Crippen LogP contribution in [0.3, 0.4) is 0 Å². The molecule has 5 nitrogen and oxygen atoms in total. The van der Waals surface area contributed by atoms with Gasteiger partial charge in [-0.25, -0.2) is 0 Å². The van der Waals surface area contributed by atoms with Gasteiger partial charge in [-0.3, -0.25) is 0 Å². The van der Waals surface area contributed by atoms with Crippen LogP contribution in [0.4, 0.5) is 19.1 Å². The zero-order valence-corrected chi connectivity index (χ0v) is 8.69. The van der Waals surface area contributed by atoms with Gasteiger partial charge in [0.1, 0.15) is 5.69 Å². The summed E-state index contributed by atoms with van der Waals surface area (Å²) in [7, 11) is 0. The van der Waals surface area contributed by atoms with Gasteiger partial charge in [-0.2, -0.15) is 13.2 Å². The number of halogens is 3. The highest BCUT2D eigenvalue weighted by atomic mass is 19.4. The van der Waals surface area contributed by atoms with Crippen LogP contribution in [0.15, 0.2) is 22.7 Å². The van der Waals surface area contributed by atoms with Gasteiger partial charge in [-0.1, -0.05) is 5.16 Å². The number of nitrogen functional groups attached to an aromatic ring is 1. The Hall–Kier alpha value is -2.38. The highest BCUT2D eigenvalue weighted by Crippen LogP contribution is 2.42. The van der Waals surface area contributed by atoms with E-state index in [0.717, 1.165) is 12.1 Å². The van der Waals surface area contributed by atoms with E-state index in [0.29, 0.717) is 6.07 Å². The summed E-state index contributed by atoms with van der Waals surface area (Å²) in [6, 6.07) is 2.24. The van der Waals surface area contributed by atoms with E-state index in [1.165, 1.54) is 0 Å². The van der Waals surface area contributed by atoms with E-state index in [1.807, 2.05) is 0 Å². The molecular weight excluding hydrogens is 253 g/mol. The van der Waals surface area contributed by atoms with Crippen molar-refractivity contribution in [2.45, 2.75) is 6.18 Å². The number of aromatic hydroxyl groups is 2. The second-order valence-electron chi connectivity index (χ2n) is 3.50. The minimum absolute atomic E-state index is 0.161. The van der Waals surface area contributed by atoms with Crippen LogP contribution in [0, 0.1) is 0 Å². The lowest BCUT2D eigenvalue weighted by molar-refractivity contribution is -0.137. The molecule has 1 aromatic heterocycles. The normalized spacial score (nSPS) is 11.7. The van der Waals surface area contributed by atoms with Crippen molar-refractivity contribution in [1.29, 1.82) is 0 Å². The molecule has 8 heteroatoms. The van der Waals surface area contributed by atoms with Gasteiger partial charge in [0.05, 0.1) is 5.56 Å². The van der Waals surface area contributed by atoms with E-state index < -0.39 is 28.8 Å². The third-order valence-electron chi connectivity index (χ3n) is 2.22. The highest BCUT2D eigenvalue weighted by Gasteiger charge is 2.35. The van der Waals surface area contributed by atoms with Gasteiger partial charge in [0.25, 0.3) is 0 Å². The van der Waals surface area contributed by atoms with Crippen molar-refractivity contribution >= 4 is 5.88 Å². The summed E-state index contributed by atoms with van der Waals surface area (Å²) in [5, 5.41) is 21.7. The fraction of sp³-hybridized carbons (Fsp3) is 0.100. The van der Waals surface area contributed by atoms with E-state index in [1.54, 1.807) is 0 Å². The predicted octanol–water partition coefficient (Wildman–Crippen LogP) is 2.35. The van der Waals surface area contributed by atoms with Crippen LogP contribution in [0.1, 0.15) is 5.56 Å². The topological polar surface area (TPSA) is 92.5 Å². The van der Waals surface area contributed by atoms with Crippen LogP contribution >= 0.6 is 0 Å². The molecule has 0 aliphatic heterocycles. The van der Waals surface area contributed by atoms with Crippen LogP contribution in [0.25, 0.3) is 11.3 Å². The second-order valence-corrected chi connectivity index (χ2v) is 3.50. The van der Waals surface area contributed by atoms with Crippen LogP contribution in [-0.2, 0) is 6.18 Å². The Kier molecular flexibility index (Phi) is 2.57. The molecule has 0 aliphatic rings. The molecule has 2 aromatic rings. The van der Waals surface area contributed by atoms with Crippen molar-refractivity contribution in [3.63, 3.8) is 0 Å². The van der Waals surface area contributed by atoms with Crippen LogP contribution in [0.2, 0.25) is 0 Å². The van der Waals surface area contributed by atoms with E-state index in [-0.39, 0.29) is 11.6 Å². The number of rotatable bonds is 1. The Morgan fingerprint density at radius 2 is 1.72 bits per heavy atom. The maximum atomic E-state index is 12.8. The number of phenols is 2. The Labute approximate surface area is 98.2 Å². The first kappa shape index (κ1) is 12.1. The van der Waals surface area contributed by atoms with Gasteiger partial charge in [0, 0.05) is 11.6 Å². The number of nitrogens with zero attached hydrogens (tertiary/aromatic N) is 1. The van der Waals surface area contributed by atoms with Crippen LogP contribution < -0.4 is 5.73 Å². The number of phenolic OH excluding ortho intramolecular Hbond substituents is 2. The Bertz CT molecular complexity index is 593. The fourth-order valence-electron chi connectivity index (χ4n) is 1.44. The summed E-state index contributed by atoms with van der Waals surface area (Å²) < 4.78 is 42.8. The largest absolute Gasteiger partial charge is 0.504 e. The SMILES string of the molecule is Nc1cc(-c2cc(O)c(O)cc2C(F)(F)F)no1. The molecule has 0 radical (unpaired) electrons. The molecule has 0 unspecified atom stereocenters. The predicted molar refractivity (Wildman–Crippen MR) is 54.7 cm³/mol. The molecule has 96 valence electrons. The number of hydrogen-bond donors (Lipinski definition) is 3. The quantitative estimate of drug-likeness (QED) is 0.684. The Morgan fingerprint density at radius 3 is 2.22 bits per heavy atom. The minimum atomic E-state index is -4.71. The van der Waals surface area contributed by atoms with E-state index in [9.17, 15) is 18.3 Å². The molecule has 0 bridgehead atoms. The van der Waals surface area contributed by atoms with Gasteiger partial charge in [-0.15, -0.1) is 0 Å². The first-order valence-corrected chi connectivity index (χ1v) is 4.65. The van der Waals surface area contributed by atoms with Crippen molar-refractivity contribution in [2.75, 3.05) is 5.73 Å². The molecular formula is C10H7F3N2O3. The average Bonchev–Trinajstić information content (AvgIpc) is 2.67. The van der Waals surface area contributed by atoms with Gasteiger partial charge in [0.15, 0.2) is 11.5 Å². The molecule has 1 aromatic carbocycles. The lowest BCUT2D eigenvalue weighted by Crippen LogP contribution is -2.07. The van der Waals surface area contributed by atoms with E-state index in [4.69, 9.17) is 10.8 Å². The van der Waals surface area contributed by atoms with E-state index >= 15 is 0 Å². The van der Waals surface area contributed by atoms with Crippen LogP contribution in [0.5, 0.6) is 11.5 Å². The van der Waals surface area contributed by atoms with Gasteiger partial charge in [0.2, 0.25) is 5.88 Å². The molecule has 2 rings (SSSR count). The Morgan fingerprint density at radius 1 is 1.11 bits per heavy atom. The molecule has 4 N–H and O–H groups in total. The molecule has 18 heavy (non-hydrogen) atoms. The molecule has 0 saturated carbocycles. The zero-order chi connectivity index (χ0) is 13.5. The highest BCUT2D eigenvalue weighted by molar-refractivity contribution is 5.69. The number of benzene rings is 1. The summed E-state index contributed by atoms with van der Waals surface area (Å²) in [6.45, 7) is 0. The first-order valence-electron chi connectivity index (χ1n) is 4.65. The molecule has 0 atom stereocenters. The minimum Gasteiger partial charge on any atom is -0.504 e. The third-order valence-corrected chi connectivity index (χ3v) is 2.22. The molecule has 0 amide bonds. The number of hydrogen-bond acceptors (Lipinski definition) is 5. The van der Waals surface area contributed by atoms with Crippen LogP contribution in [-0.4, -0.2) is 15.4 Å². The number of aromatic nitrogens is 1. The first-order chi connectivity index (χ1) is 8.29. The smallest absolute Gasteiger partial charge is 0.417 e. The second kappa shape index (κ2) is 3.83. The maximum Gasteiger partial charge on any atom is 0.417 e. The monoisotopic (exact) mass is 260 g/mol. The number of anilines is 1. The summed E-state index contributed by atoms with van der Waals surface area (Å²) in [5.74, 6) is -1.73. The lowest BCUT2D eigenvalue weighted by atomic mass is 10.0. The standard InChI is InChI=1S/C10H7F3N2O3/c11-10(12,13)5-2-8(17)7(16)1-4(5)6-3-9(14)18-15-6/h1-3,16-17H,14H2. The number of alkyl halides is 3. The number of nitrogens with two attached hydrogens (primary N) is 1. The van der Waals surface area contributed by atoms with Gasteiger partial charge >= 0.3 is 6.18 Å². The van der Waals surface area contributed by atoms with Gasteiger partial charge < -0.3 is 20.5 Å². The average molecular weight is 260 g/mol. The Balaban J connectivity index is 2.69.